The lowest BCUT2D eigenvalue weighted by Crippen LogP contribution is -2.36. The van der Waals surface area contributed by atoms with Crippen LogP contribution in [0.5, 0.6) is 5.75 Å². The maximum atomic E-state index is 12.1. The van der Waals surface area contributed by atoms with E-state index in [9.17, 15) is 30.9 Å². The predicted octanol–water partition coefficient (Wildman–Crippen LogP) is 8.85. The molecule has 312 valence electrons. The predicted molar refractivity (Wildman–Crippen MR) is 218 cm³/mol. The summed E-state index contributed by atoms with van der Waals surface area (Å²) in [6.07, 6.45) is 2.98. The molecule has 59 heavy (non-hydrogen) atoms. The van der Waals surface area contributed by atoms with Gasteiger partial charge >= 0.3 is 18.0 Å². The number of aromatic nitrogens is 1. The van der Waals surface area contributed by atoms with Crippen LogP contribution in [0.3, 0.4) is 0 Å². The Balaban J connectivity index is 0.000000867. The lowest BCUT2D eigenvalue weighted by atomic mass is 10.0. The number of carbonyl (C=O) groups excluding carboxylic acids is 1. The zero-order chi connectivity index (χ0) is 42.6. The SMILES string of the molecule is CCCNC(=O)CCCCCN1/C(=C/C(C)=C/c2oc3ccc(-c4ccccc4)cc3[n+]2CCCS(=O)(=O)[O-])Oc2ccc(-c3ccccc3)cc21.O=C(O)C(F)(F)F. The number of benzene rings is 4. The van der Waals surface area contributed by atoms with E-state index < -0.39 is 28.0 Å². The molecule has 0 fully saturated rings. The summed E-state index contributed by atoms with van der Waals surface area (Å²) in [6.45, 7) is 5.71. The number of aryl methyl sites for hydroxylation is 1. The van der Waals surface area contributed by atoms with E-state index in [0.717, 1.165) is 70.5 Å². The Morgan fingerprint density at radius 2 is 1.51 bits per heavy atom. The molecule has 0 saturated carbocycles. The topological polar surface area (TPSA) is 153 Å². The van der Waals surface area contributed by atoms with Crippen molar-refractivity contribution in [3.8, 4) is 28.0 Å². The molecule has 6 rings (SSSR count). The fraction of sp³-hybridized carbons (Fsp3) is 0.295. The van der Waals surface area contributed by atoms with E-state index in [2.05, 4.69) is 34.5 Å². The lowest BCUT2D eigenvalue weighted by molar-refractivity contribution is -0.677. The van der Waals surface area contributed by atoms with Gasteiger partial charge in [-0.3, -0.25) is 4.79 Å². The molecule has 4 aromatic carbocycles. The molecule has 2 N–H and O–H groups in total. The van der Waals surface area contributed by atoms with Crippen molar-refractivity contribution in [1.82, 2.24) is 5.32 Å². The van der Waals surface area contributed by atoms with Crippen molar-refractivity contribution in [2.75, 3.05) is 23.7 Å². The third-order valence-corrected chi connectivity index (χ3v) is 10.0. The van der Waals surface area contributed by atoms with Gasteiger partial charge in [-0.15, -0.1) is 0 Å². The quantitative estimate of drug-likeness (QED) is 0.0564. The van der Waals surface area contributed by atoms with E-state index >= 15 is 0 Å². The molecule has 0 radical (unpaired) electrons. The van der Waals surface area contributed by atoms with Gasteiger partial charge in [0.1, 0.15) is 0 Å². The van der Waals surface area contributed by atoms with Gasteiger partial charge in [-0.2, -0.15) is 17.7 Å². The molecule has 11 nitrogen and oxygen atoms in total. The van der Waals surface area contributed by atoms with Crippen molar-refractivity contribution in [2.24, 2.45) is 0 Å². The van der Waals surface area contributed by atoms with Crippen LogP contribution < -0.4 is 19.5 Å². The summed E-state index contributed by atoms with van der Waals surface area (Å²) >= 11 is 0. The highest BCUT2D eigenvalue weighted by Gasteiger charge is 2.38. The number of carboxylic acid groups (broad SMARTS) is 1. The summed E-state index contributed by atoms with van der Waals surface area (Å²) in [5.41, 5.74) is 7.55. The standard InChI is InChI=1S/C42H45N3O6S.C2HF3O2/c1-3-23-43-40(46)18-11-6-12-24-44-36-29-34(32-14-7-4-8-15-32)19-21-38(36)50-41(44)27-31(2)28-42-45(25-13-26-52(47,48)49)37-30-35(20-22-39(37)51-42)33-16-9-5-10-17-33;3-2(4,5)1(6)7/h4-5,7-10,14-17,19-22,27-30H,3,6,11-13,18,23-26H2,1-2H3,(H-,43,46,47,48,49);(H,6,7). The van der Waals surface area contributed by atoms with E-state index in [1.165, 1.54) is 0 Å². The molecule has 5 aromatic rings. The number of fused-ring (bicyclic) bond motifs is 2. The largest absolute Gasteiger partial charge is 0.748 e. The molecular weight excluding hydrogens is 788 g/mol. The molecular formula is C44H46F3N3O8S. The Bertz CT molecular complexity index is 2400. The van der Waals surface area contributed by atoms with Crippen LogP contribution in [0.4, 0.5) is 18.9 Å². The maximum absolute atomic E-state index is 12.1. The second-order valence-electron chi connectivity index (χ2n) is 13.9. The number of hydrogen-bond donors (Lipinski definition) is 2. The first-order valence-electron chi connectivity index (χ1n) is 19.2. The highest BCUT2D eigenvalue weighted by molar-refractivity contribution is 7.85. The maximum Gasteiger partial charge on any atom is 0.490 e. The minimum atomic E-state index is -5.08. The van der Waals surface area contributed by atoms with Gasteiger partial charge in [0.05, 0.1) is 21.9 Å². The first kappa shape index (κ1) is 44.2. The number of unbranched alkanes of at least 4 members (excludes halogenated alkanes) is 2. The number of halogens is 3. The van der Waals surface area contributed by atoms with Crippen molar-refractivity contribution < 1.29 is 54.6 Å². The number of rotatable bonds is 16. The van der Waals surface area contributed by atoms with Crippen LogP contribution in [0.2, 0.25) is 0 Å². The van der Waals surface area contributed by atoms with Crippen LogP contribution >= 0.6 is 0 Å². The Labute approximate surface area is 341 Å². The van der Waals surface area contributed by atoms with E-state index in [1.54, 1.807) is 0 Å². The van der Waals surface area contributed by atoms with Crippen molar-refractivity contribution in [2.45, 2.75) is 65.1 Å². The van der Waals surface area contributed by atoms with Crippen LogP contribution in [-0.4, -0.2) is 55.0 Å². The van der Waals surface area contributed by atoms with Crippen LogP contribution in [0, 0.1) is 0 Å². The number of aliphatic carboxylic acids is 1. The summed E-state index contributed by atoms with van der Waals surface area (Å²) in [5, 5.41) is 10.1. The summed E-state index contributed by atoms with van der Waals surface area (Å²) in [7, 11) is -4.37. The minimum Gasteiger partial charge on any atom is -0.748 e. The Morgan fingerprint density at radius 3 is 2.12 bits per heavy atom. The van der Waals surface area contributed by atoms with Gasteiger partial charge in [0.15, 0.2) is 12.3 Å². The van der Waals surface area contributed by atoms with E-state index in [-0.39, 0.29) is 18.9 Å². The fourth-order valence-corrected chi connectivity index (χ4v) is 6.90. The minimum absolute atomic E-state index is 0.0966. The molecule has 2 heterocycles. The van der Waals surface area contributed by atoms with E-state index in [1.807, 2.05) is 103 Å². The average molecular weight is 834 g/mol. The van der Waals surface area contributed by atoms with Crippen LogP contribution in [0.15, 0.2) is 119 Å². The first-order chi connectivity index (χ1) is 28.1. The number of ether oxygens (including phenoxy) is 1. The fourth-order valence-electron chi connectivity index (χ4n) is 6.41. The van der Waals surface area contributed by atoms with Gasteiger partial charge in [-0.25, -0.2) is 13.2 Å². The van der Waals surface area contributed by atoms with Gasteiger partial charge in [-0.1, -0.05) is 86.1 Å². The average Bonchev–Trinajstić information content (AvgIpc) is 3.72. The number of alkyl halides is 3. The van der Waals surface area contributed by atoms with Gasteiger partial charge in [0.25, 0.3) is 5.52 Å². The van der Waals surface area contributed by atoms with Crippen LogP contribution in [-0.2, 0) is 26.3 Å². The number of carbonyl (C=O) groups is 2. The molecule has 0 spiro atoms. The first-order valence-corrected chi connectivity index (χ1v) is 20.8. The summed E-state index contributed by atoms with van der Waals surface area (Å²) in [4.78, 5) is 23.2. The Morgan fingerprint density at radius 1 is 0.881 bits per heavy atom. The number of allylic oxidation sites excluding steroid dienone is 2. The molecule has 15 heteroatoms. The van der Waals surface area contributed by atoms with E-state index in [4.69, 9.17) is 19.1 Å². The van der Waals surface area contributed by atoms with Crippen molar-refractivity contribution in [3.05, 3.63) is 120 Å². The third kappa shape index (κ3) is 12.8. The zero-order valence-corrected chi connectivity index (χ0v) is 33.5. The van der Waals surface area contributed by atoms with Crippen molar-refractivity contribution in [3.63, 3.8) is 0 Å². The van der Waals surface area contributed by atoms with Gasteiger partial charge in [0.2, 0.25) is 17.4 Å². The van der Waals surface area contributed by atoms with Crippen molar-refractivity contribution >= 4 is 44.9 Å². The number of anilines is 1. The van der Waals surface area contributed by atoms with Gasteiger partial charge in [-0.05, 0) is 72.2 Å². The smallest absolute Gasteiger partial charge is 0.490 e. The number of oxazole rings is 1. The number of hydrogen-bond acceptors (Lipinski definition) is 8. The number of nitrogens with one attached hydrogen (secondary N) is 1. The summed E-state index contributed by atoms with van der Waals surface area (Å²) < 4.78 is 80.9. The summed E-state index contributed by atoms with van der Waals surface area (Å²) in [5.74, 6) is -1.14. The number of nitrogens with zero attached hydrogens (tertiary/aromatic N) is 2. The highest BCUT2D eigenvalue weighted by atomic mass is 32.2. The normalized spacial score (nSPS) is 13.5. The Hall–Kier alpha value is -5.93. The molecule has 0 saturated heterocycles. The molecule has 1 aliphatic rings. The van der Waals surface area contributed by atoms with Crippen LogP contribution in [0.1, 0.15) is 58.3 Å². The molecule has 0 unspecified atom stereocenters. The van der Waals surface area contributed by atoms with Gasteiger partial charge < -0.3 is 29.0 Å². The number of amides is 1. The zero-order valence-electron chi connectivity index (χ0n) is 32.7. The summed E-state index contributed by atoms with van der Waals surface area (Å²) in [6, 6.07) is 32.4. The number of carboxylic acids is 1. The highest BCUT2D eigenvalue weighted by Crippen LogP contribution is 2.42. The molecule has 1 aromatic heterocycles. The molecule has 0 bridgehead atoms. The molecule has 1 aliphatic heterocycles. The molecule has 1 amide bonds. The van der Waals surface area contributed by atoms with Gasteiger partial charge in [0, 0.05) is 43.8 Å². The monoisotopic (exact) mass is 833 g/mol. The molecule has 0 aliphatic carbocycles. The van der Waals surface area contributed by atoms with Crippen molar-refractivity contribution in [1.29, 1.82) is 0 Å². The Kier molecular flexibility index (Phi) is 15.1. The lowest BCUT2D eigenvalue weighted by Gasteiger charge is -2.19. The second-order valence-corrected chi connectivity index (χ2v) is 15.4. The van der Waals surface area contributed by atoms with E-state index in [0.29, 0.717) is 36.9 Å². The molecule has 0 atom stereocenters. The second kappa shape index (κ2) is 20.2. The van der Waals surface area contributed by atoms with Crippen LogP contribution in [0.25, 0.3) is 39.4 Å². The third-order valence-electron chi connectivity index (χ3n) is 9.25.